The maximum atomic E-state index is 13.0. The van der Waals surface area contributed by atoms with E-state index >= 15 is 0 Å². The van der Waals surface area contributed by atoms with Crippen molar-refractivity contribution in [1.29, 1.82) is 0 Å². The molecule has 60 heavy (non-hydrogen) atoms. The molecule has 0 fully saturated rings. The summed E-state index contributed by atoms with van der Waals surface area (Å²) in [4.78, 5) is 46.7. The van der Waals surface area contributed by atoms with Crippen molar-refractivity contribution in [3.8, 4) is 39.5 Å². The van der Waals surface area contributed by atoms with Gasteiger partial charge in [-0.25, -0.2) is 19.0 Å². The molecule has 2 atom stereocenters. The smallest absolute Gasteiger partial charge is 0.265 e. The van der Waals surface area contributed by atoms with E-state index in [1.165, 1.54) is 6.33 Å². The van der Waals surface area contributed by atoms with E-state index in [4.69, 9.17) is 19.2 Å². The molecule has 3 amide bonds. The summed E-state index contributed by atoms with van der Waals surface area (Å²) in [5, 5.41) is 17.4. The summed E-state index contributed by atoms with van der Waals surface area (Å²) < 4.78 is 21.4. The van der Waals surface area contributed by atoms with Crippen LogP contribution in [0.5, 0.6) is 17.2 Å². The Morgan fingerprint density at radius 1 is 0.700 bits per heavy atom. The van der Waals surface area contributed by atoms with E-state index in [0.29, 0.717) is 45.8 Å². The molecule has 0 aliphatic carbocycles. The summed E-state index contributed by atoms with van der Waals surface area (Å²) in [6, 6.07) is 33.9. The zero-order valence-corrected chi connectivity index (χ0v) is 32.0. The van der Waals surface area contributed by atoms with Crippen LogP contribution < -0.4 is 30.2 Å². The fourth-order valence-electron chi connectivity index (χ4n) is 7.18. The lowest BCUT2D eigenvalue weighted by Crippen LogP contribution is -2.34. The van der Waals surface area contributed by atoms with Crippen LogP contribution in [0.25, 0.3) is 33.5 Å². The van der Waals surface area contributed by atoms with Gasteiger partial charge in [0, 0.05) is 35.9 Å². The fourth-order valence-corrected chi connectivity index (χ4v) is 7.18. The lowest BCUT2D eigenvalue weighted by Gasteiger charge is -2.25. The molecule has 0 saturated carbocycles. The quantitative estimate of drug-likeness (QED) is 0.143. The minimum Gasteiger partial charge on any atom is -0.485 e. The van der Waals surface area contributed by atoms with Crippen molar-refractivity contribution in [3.63, 3.8) is 0 Å². The predicted octanol–water partition coefficient (Wildman–Crippen LogP) is 6.70. The van der Waals surface area contributed by atoms with Crippen molar-refractivity contribution < 1.29 is 28.6 Å². The Kier molecular flexibility index (Phi) is 9.09. The number of carbonyl (C=O) groups is 3. The van der Waals surface area contributed by atoms with Crippen LogP contribution >= 0.6 is 0 Å². The second-order valence-electron chi connectivity index (χ2n) is 14.5. The lowest BCUT2D eigenvalue weighted by atomic mass is 10.0. The second kappa shape index (κ2) is 15.0. The average molecular weight is 798 g/mol. The number of pyridine rings is 2. The molecule has 10 rings (SSSR count). The normalized spacial score (nSPS) is 15.5. The van der Waals surface area contributed by atoms with Gasteiger partial charge in [-0.1, -0.05) is 48.5 Å². The molecule has 4 aromatic heterocycles. The van der Waals surface area contributed by atoms with Crippen LogP contribution in [-0.4, -0.2) is 59.6 Å². The molecule has 6 heterocycles. The molecular formula is C45H35N9O6. The molecular weight excluding hydrogens is 763 g/mol. The maximum absolute atomic E-state index is 13.0. The first kappa shape index (κ1) is 36.3. The van der Waals surface area contributed by atoms with Crippen LogP contribution in [-0.2, 0) is 27.2 Å². The Labute approximate surface area is 342 Å². The number of fused-ring (bicyclic) bond motifs is 4. The number of nitrogens with zero attached hydrogens (tertiary/aromatic N) is 6. The van der Waals surface area contributed by atoms with E-state index in [1.807, 2.05) is 85.2 Å². The summed E-state index contributed by atoms with van der Waals surface area (Å²) in [6.45, 7) is 1.86. The zero-order chi connectivity index (χ0) is 40.7. The molecule has 2 unspecified atom stereocenters. The largest absolute Gasteiger partial charge is 0.485 e. The number of benzene rings is 4. The Morgan fingerprint density at radius 3 is 2.03 bits per heavy atom. The van der Waals surface area contributed by atoms with Gasteiger partial charge in [0.15, 0.2) is 40.8 Å². The highest BCUT2D eigenvalue weighted by atomic mass is 16.6. The topological polar surface area (TPSA) is 175 Å². The minimum absolute atomic E-state index is 0.152. The van der Waals surface area contributed by atoms with Gasteiger partial charge in [-0.2, -0.15) is 5.10 Å². The number of rotatable bonds is 9. The number of aromatic nitrogens is 6. The predicted molar refractivity (Wildman–Crippen MR) is 222 cm³/mol. The molecule has 3 N–H and O–H groups in total. The summed E-state index contributed by atoms with van der Waals surface area (Å²) >= 11 is 0. The summed E-state index contributed by atoms with van der Waals surface area (Å²) in [6.07, 6.45) is 4.49. The number of nitrogens with one attached hydrogen (secondary N) is 3. The molecule has 0 spiro atoms. The van der Waals surface area contributed by atoms with Crippen molar-refractivity contribution in [2.75, 3.05) is 22.6 Å². The molecule has 15 nitrogen and oxygen atoms in total. The van der Waals surface area contributed by atoms with Gasteiger partial charge in [0.25, 0.3) is 5.91 Å². The highest BCUT2D eigenvalue weighted by molar-refractivity contribution is 5.99. The first-order valence-corrected chi connectivity index (χ1v) is 19.3. The standard InChI is InChI=1S/C45H35N9O6/c1-26-45(57)50-35-12-10-33(22-37(35)59-26)48-42(55)18-28-4-8-30(9-5-28)32-15-17-54-41(21-32)51-44(52-54)39-24-58-38-23-34(11-13-36(38)60-39)49-43(56)19-27-2-6-29(7-3-27)31-14-16-53-40(20-31)46-25-47-53/h2-17,20-23,25-26,39H,18-19,24H2,1H3,(H,48,55)(H,49,56)(H,50,57). The first-order chi connectivity index (χ1) is 29.3. The minimum atomic E-state index is -0.606. The summed E-state index contributed by atoms with van der Waals surface area (Å²) in [5.74, 6) is 1.50. The van der Waals surface area contributed by atoms with Gasteiger partial charge in [0.2, 0.25) is 11.8 Å². The average Bonchev–Trinajstić information content (AvgIpc) is 3.91. The number of carbonyl (C=O) groups excluding carboxylic acids is 3. The van der Waals surface area contributed by atoms with Gasteiger partial charge in [0.05, 0.1) is 18.5 Å². The van der Waals surface area contributed by atoms with Crippen LogP contribution in [0.2, 0.25) is 0 Å². The van der Waals surface area contributed by atoms with Crippen molar-refractivity contribution in [1.82, 2.24) is 29.2 Å². The molecule has 2 aliphatic rings. The third-order valence-corrected chi connectivity index (χ3v) is 10.3. The van der Waals surface area contributed by atoms with Gasteiger partial charge in [-0.3, -0.25) is 14.4 Å². The van der Waals surface area contributed by atoms with E-state index in [0.717, 1.165) is 39.0 Å². The van der Waals surface area contributed by atoms with E-state index in [2.05, 4.69) is 31.1 Å². The van der Waals surface area contributed by atoms with Gasteiger partial charge in [-0.15, -0.1) is 5.10 Å². The molecule has 296 valence electrons. The molecule has 0 radical (unpaired) electrons. The van der Waals surface area contributed by atoms with Crippen LogP contribution in [0.15, 0.2) is 128 Å². The molecule has 15 heteroatoms. The van der Waals surface area contributed by atoms with E-state index in [1.54, 1.807) is 52.4 Å². The third kappa shape index (κ3) is 7.42. The van der Waals surface area contributed by atoms with Gasteiger partial charge in [0.1, 0.15) is 18.7 Å². The number of ether oxygens (including phenoxy) is 3. The number of hydrogen-bond donors (Lipinski definition) is 3. The van der Waals surface area contributed by atoms with Crippen LogP contribution in [0.4, 0.5) is 17.1 Å². The molecule has 2 aliphatic heterocycles. The van der Waals surface area contributed by atoms with E-state index < -0.39 is 12.2 Å². The molecule has 8 aromatic rings. The van der Waals surface area contributed by atoms with Crippen LogP contribution in [0.1, 0.15) is 30.0 Å². The van der Waals surface area contributed by atoms with E-state index in [-0.39, 0.29) is 37.2 Å². The SMILES string of the molecule is CC1Oc2cc(NC(=O)Cc3ccc(-c4ccn5nc(C6COc7cc(NC(=O)Cc8ccc(-c9ccn%10ncnc%10c9)cc8)ccc7O6)nc5c4)cc3)ccc2NC1=O. The molecule has 0 saturated heterocycles. The van der Waals surface area contributed by atoms with E-state index in [9.17, 15) is 14.4 Å². The lowest BCUT2D eigenvalue weighted by molar-refractivity contribution is -0.122. The summed E-state index contributed by atoms with van der Waals surface area (Å²) in [5.41, 5.74) is 8.84. The van der Waals surface area contributed by atoms with Crippen LogP contribution in [0, 0.1) is 0 Å². The monoisotopic (exact) mass is 797 g/mol. The maximum Gasteiger partial charge on any atom is 0.265 e. The summed E-state index contributed by atoms with van der Waals surface area (Å²) in [7, 11) is 0. The highest BCUT2D eigenvalue weighted by Crippen LogP contribution is 2.38. The fraction of sp³-hybridized carbons (Fsp3) is 0.133. The second-order valence-corrected chi connectivity index (χ2v) is 14.5. The van der Waals surface area contributed by atoms with Gasteiger partial charge < -0.3 is 30.2 Å². The van der Waals surface area contributed by atoms with Crippen LogP contribution in [0.3, 0.4) is 0 Å². The number of hydrogen-bond acceptors (Lipinski definition) is 10. The Morgan fingerprint density at radius 2 is 1.33 bits per heavy atom. The van der Waals surface area contributed by atoms with Crippen molar-refractivity contribution in [2.45, 2.75) is 32.0 Å². The third-order valence-electron chi connectivity index (χ3n) is 10.3. The zero-order valence-electron chi connectivity index (χ0n) is 32.0. The first-order valence-electron chi connectivity index (χ1n) is 19.3. The van der Waals surface area contributed by atoms with Crippen molar-refractivity contribution >= 4 is 46.1 Å². The van der Waals surface area contributed by atoms with Gasteiger partial charge in [-0.05, 0) is 88.8 Å². The number of anilines is 3. The highest BCUT2D eigenvalue weighted by Gasteiger charge is 2.27. The van der Waals surface area contributed by atoms with Gasteiger partial charge >= 0.3 is 0 Å². The van der Waals surface area contributed by atoms with Crippen molar-refractivity contribution in [3.05, 3.63) is 145 Å². The molecule has 4 aromatic carbocycles. The Bertz CT molecular complexity index is 2960. The number of amides is 3. The van der Waals surface area contributed by atoms with Crippen molar-refractivity contribution in [2.24, 2.45) is 0 Å². The molecule has 0 bridgehead atoms. The Hall–Kier alpha value is -8.07. The Balaban J connectivity index is 0.738.